The Labute approximate surface area is 245 Å². The van der Waals surface area contributed by atoms with Gasteiger partial charge in [0.1, 0.15) is 23.2 Å². The molecule has 1 aliphatic rings. The second-order valence-electron chi connectivity index (χ2n) is 10.6. The number of thioether (sulfide) groups is 1. The van der Waals surface area contributed by atoms with Crippen molar-refractivity contribution in [2.24, 2.45) is 0 Å². The first kappa shape index (κ1) is 29.5. The van der Waals surface area contributed by atoms with Crippen molar-refractivity contribution in [2.75, 3.05) is 23.4 Å². The van der Waals surface area contributed by atoms with Gasteiger partial charge in [-0.3, -0.25) is 4.79 Å². The number of halogens is 1. The van der Waals surface area contributed by atoms with Crippen LogP contribution in [0.1, 0.15) is 50.8 Å². The number of amides is 2. The number of alkyl carbamates (subject to hydrolysis) is 1. The molecular weight excluding hydrogens is 544 g/mol. The summed E-state index contributed by atoms with van der Waals surface area (Å²) in [6.45, 7) is 6.70. The molecule has 0 saturated carbocycles. The average Bonchev–Trinajstić information content (AvgIpc) is 3.39. The lowest BCUT2D eigenvalue weighted by atomic mass is 10.0. The summed E-state index contributed by atoms with van der Waals surface area (Å²) in [5, 5.41) is 11.1. The number of rotatable bonds is 8. The summed E-state index contributed by atoms with van der Waals surface area (Å²) < 4.78 is 7.57. The molecule has 0 fully saturated rings. The Balaban J connectivity index is 1.49. The summed E-state index contributed by atoms with van der Waals surface area (Å²) in [7, 11) is 0. The third-order valence-corrected chi connectivity index (χ3v) is 7.48. The lowest BCUT2D eigenvalue weighted by Crippen LogP contribution is -2.32. The van der Waals surface area contributed by atoms with E-state index in [0.717, 1.165) is 41.9 Å². The van der Waals surface area contributed by atoms with Crippen molar-refractivity contribution in [3.05, 3.63) is 88.9 Å². The molecule has 210 valence electrons. The second-order valence-corrected chi connectivity index (χ2v) is 11.8. The number of benzene rings is 3. The Morgan fingerprint density at radius 3 is 2.50 bits per heavy atom. The molecule has 3 aromatic rings. The minimum absolute atomic E-state index is 0.218. The van der Waals surface area contributed by atoms with Gasteiger partial charge < -0.3 is 20.7 Å². The van der Waals surface area contributed by atoms with E-state index in [0.29, 0.717) is 17.3 Å². The molecule has 0 radical (unpaired) electrons. The first-order chi connectivity index (χ1) is 19.1. The Kier molecular flexibility index (Phi) is 9.76. The molecule has 40 heavy (non-hydrogen) atoms. The fourth-order valence-electron chi connectivity index (χ4n) is 4.50. The number of hydrogen-bond donors (Lipinski definition) is 3. The van der Waals surface area contributed by atoms with E-state index in [9.17, 15) is 9.59 Å². The average molecular weight is 580 g/mol. The van der Waals surface area contributed by atoms with E-state index in [4.69, 9.17) is 16.3 Å². The highest BCUT2D eigenvalue weighted by Crippen LogP contribution is 2.32. The van der Waals surface area contributed by atoms with Crippen LogP contribution in [0.5, 0.6) is 0 Å². The summed E-state index contributed by atoms with van der Waals surface area (Å²) in [5.74, 6) is -0.218. The van der Waals surface area contributed by atoms with Crippen molar-refractivity contribution in [2.45, 2.75) is 51.8 Å². The van der Waals surface area contributed by atoms with Crippen LogP contribution >= 0.6 is 23.4 Å². The maximum atomic E-state index is 13.6. The van der Waals surface area contributed by atoms with Gasteiger partial charge in [-0.25, -0.2) is 4.79 Å². The Hall–Kier alpha value is -3.49. The molecule has 3 N–H and O–H groups in total. The van der Waals surface area contributed by atoms with Crippen LogP contribution in [-0.2, 0) is 16.1 Å². The number of carbonyl (C=O) groups excluding carboxylic acids is 2. The standard InChI is InChI=1S/C31H35ClN4O3S/c1-31(2,3)39-30(38)33-20-21-10-8-13-23(18-21)34-28(22-11-6-5-7-12-22)29(37)35-24-15-16-26(25(32)19-24)36-17-9-14-27(36)40-4/h5-8,10-13,15-16,18-19,28,34H,9,14,17,20H2,1-4H3,(H-,33,35,37,38)/p+1/t28-/m1/s1. The highest BCUT2D eigenvalue weighted by atomic mass is 35.5. The maximum Gasteiger partial charge on any atom is 0.407 e. The van der Waals surface area contributed by atoms with Gasteiger partial charge in [0.2, 0.25) is 10.7 Å². The maximum absolute atomic E-state index is 13.6. The fourth-order valence-corrected chi connectivity index (χ4v) is 5.55. The summed E-state index contributed by atoms with van der Waals surface area (Å²) in [6.07, 6.45) is 3.76. The van der Waals surface area contributed by atoms with Crippen LogP contribution in [0.3, 0.4) is 0 Å². The van der Waals surface area contributed by atoms with E-state index >= 15 is 0 Å². The zero-order chi connectivity index (χ0) is 28.7. The Bertz CT molecular complexity index is 1390. The van der Waals surface area contributed by atoms with Crippen molar-refractivity contribution in [1.82, 2.24) is 5.32 Å². The fraction of sp³-hybridized carbons (Fsp3) is 0.323. The molecule has 1 atom stereocenters. The highest BCUT2D eigenvalue weighted by molar-refractivity contribution is 8.13. The molecule has 9 heteroatoms. The SMILES string of the molecule is CSC1=[N+](c2ccc(NC(=O)[C@H](Nc3cccc(CNC(=O)OC(C)(C)C)c3)c3ccccc3)cc2Cl)CCC1. The third-order valence-electron chi connectivity index (χ3n) is 6.28. The number of carbonyl (C=O) groups is 2. The summed E-state index contributed by atoms with van der Waals surface area (Å²) in [5.41, 5.74) is 3.44. The van der Waals surface area contributed by atoms with Gasteiger partial charge in [-0.1, -0.05) is 65.8 Å². The molecule has 0 aliphatic carbocycles. The van der Waals surface area contributed by atoms with Gasteiger partial charge in [-0.2, -0.15) is 4.58 Å². The van der Waals surface area contributed by atoms with Crippen molar-refractivity contribution in [3.63, 3.8) is 0 Å². The topological polar surface area (TPSA) is 82.5 Å². The van der Waals surface area contributed by atoms with E-state index in [1.807, 2.05) is 87.5 Å². The highest BCUT2D eigenvalue weighted by Gasteiger charge is 2.27. The number of nitrogens with one attached hydrogen (secondary N) is 3. The van der Waals surface area contributed by atoms with Gasteiger partial charge >= 0.3 is 6.09 Å². The Morgan fingerprint density at radius 2 is 1.80 bits per heavy atom. The largest absolute Gasteiger partial charge is 0.444 e. The van der Waals surface area contributed by atoms with Crippen LogP contribution in [0.2, 0.25) is 5.02 Å². The second kappa shape index (κ2) is 13.2. The van der Waals surface area contributed by atoms with Gasteiger partial charge in [-0.15, -0.1) is 0 Å². The molecule has 1 aliphatic heterocycles. The lowest BCUT2D eigenvalue weighted by molar-refractivity contribution is -0.428. The summed E-state index contributed by atoms with van der Waals surface area (Å²) in [6, 6.07) is 22.1. The van der Waals surface area contributed by atoms with Gasteiger partial charge in [0, 0.05) is 36.8 Å². The molecule has 0 bridgehead atoms. The lowest BCUT2D eigenvalue weighted by Gasteiger charge is -2.21. The third kappa shape index (κ3) is 8.02. The number of ether oxygens (including phenoxy) is 1. The monoisotopic (exact) mass is 579 g/mol. The van der Waals surface area contributed by atoms with Crippen molar-refractivity contribution in [3.8, 4) is 0 Å². The van der Waals surface area contributed by atoms with Crippen LogP contribution < -0.4 is 16.0 Å². The smallest absolute Gasteiger partial charge is 0.407 e. The zero-order valence-electron chi connectivity index (χ0n) is 23.3. The molecule has 0 spiro atoms. The molecule has 0 unspecified atom stereocenters. The van der Waals surface area contributed by atoms with E-state index in [2.05, 4.69) is 26.8 Å². The first-order valence-corrected chi connectivity index (χ1v) is 14.9. The predicted octanol–water partition coefficient (Wildman–Crippen LogP) is 7.36. The van der Waals surface area contributed by atoms with E-state index in [1.165, 1.54) is 5.04 Å². The van der Waals surface area contributed by atoms with E-state index in [-0.39, 0.29) is 5.91 Å². The molecule has 3 aromatic carbocycles. The first-order valence-electron chi connectivity index (χ1n) is 13.3. The zero-order valence-corrected chi connectivity index (χ0v) is 24.9. The minimum Gasteiger partial charge on any atom is -0.444 e. The van der Waals surface area contributed by atoms with Gasteiger partial charge in [0.15, 0.2) is 0 Å². The van der Waals surface area contributed by atoms with Crippen LogP contribution in [0.4, 0.5) is 21.9 Å². The normalized spacial score (nSPS) is 14.0. The Morgan fingerprint density at radius 1 is 1.02 bits per heavy atom. The van der Waals surface area contributed by atoms with Crippen LogP contribution in [0.25, 0.3) is 0 Å². The molecular formula is C31H36ClN4O3S+. The van der Waals surface area contributed by atoms with Gasteiger partial charge in [-0.05, 0) is 62.4 Å². The molecule has 4 rings (SSSR count). The number of anilines is 2. The van der Waals surface area contributed by atoms with Crippen molar-refractivity contribution >= 4 is 57.5 Å². The van der Waals surface area contributed by atoms with Crippen molar-refractivity contribution in [1.29, 1.82) is 0 Å². The molecule has 2 amide bonds. The number of hydrogen-bond acceptors (Lipinski definition) is 5. The molecule has 1 heterocycles. The summed E-state index contributed by atoms with van der Waals surface area (Å²) in [4.78, 5) is 25.7. The van der Waals surface area contributed by atoms with E-state index in [1.54, 1.807) is 17.8 Å². The molecule has 7 nitrogen and oxygen atoms in total. The minimum atomic E-state index is -0.663. The van der Waals surface area contributed by atoms with Crippen LogP contribution in [0, 0.1) is 0 Å². The predicted molar refractivity (Wildman–Crippen MR) is 165 cm³/mol. The number of nitrogens with zero attached hydrogens (tertiary/aromatic N) is 1. The van der Waals surface area contributed by atoms with Crippen molar-refractivity contribution < 1.29 is 18.9 Å². The van der Waals surface area contributed by atoms with E-state index < -0.39 is 17.7 Å². The quantitative estimate of drug-likeness (QED) is 0.243. The van der Waals surface area contributed by atoms with Gasteiger partial charge in [0.05, 0.1) is 0 Å². The van der Waals surface area contributed by atoms with Crippen LogP contribution in [0.15, 0.2) is 72.8 Å². The molecule has 0 saturated heterocycles. The summed E-state index contributed by atoms with van der Waals surface area (Å²) >= 11 is 8.42. The molecule has 0 aromatic heterocycles. The van der Waals surface area contributed by atoms with Crippen LogP contribution in [-0.4, -0.2) is 40.0 Å². The van der Waals surface area contributed by atoms with Gasteiger partial charge in [0.25, 0.3) is 5.91 Å².